The van der Waals surface area contributed by atoms with E-state index in [9.17, 15) is 10.4 Å². The molecule has 0 aliphatic rings. The van der Waals surface area contributed by atoms with Crippen molar-refractivity contribution < 1.29 is 19.3 Å². The van der Waals surface area contributed by atoms with Crippen LogP contribution in [0.3, 0.4) is 0 Å². The molecule has 0 radical (unpaired) electrons. The van der Waals surface area contributed by atoms with Gasteiger partial charge in [0.1, 0.15) is 0 Å². The second-order valence-electron chi connectivity index (χ2n) is 8.47. The topological polar surface area (TPSA) is 75.0 Å². The minimum Gasteiger partial charge on any atom is -0.504 e. The van der Waals surface area contributed by atoms with Crippen LogP contribution in [-0.2, 0) is 11.8 Å². The second-order valence-corrected chi connectivity index (χ2v) is 8.47. The van der Waals surface area contributed by atoms with Gasteiger partial charge in [-0.2, -0.15) is 5.26 Å². The van der Waals surface area contributed by atoms with Crippen LogP contribution in [0.15, 0.2) is 36.4 Å². The first-order valence-electron chi connectivity index (χ1n) is 11.0. The number of rotatable bonds is 12. The zero-order valence-electron chi connectivity index (χ0n) is 20.1. The molecule has 0 saturated heterocycles. The highest BCUT2D eigenvalue weighted by Gasteiger charge is 2.36. The van der Waals surface area contributed by atoms with E-state index in [4.69, 9.17) is 14.2 Å². The lowest BCUT2D eigenvalue weighted by Crippen LogP contribution is -2.32. The van der Waals surface area contributed by atoms with Crippen molar-refractivity contribution in [2.45, 2.75) is 38.5 Å². The molecule has 0 amide bonds. The Hall–Kier alpha value is -2.91. The summed E-state index contributed by atoms with van der Waals surface area (Å²) in [6.45, 7) is 5.90. The van der Waals surface area contributed by atoms with Crippen LogP contribution in [0.2, 0.25) is 0 Å². The Morgan fingerprint density at radius 1 is 0.969 bits per heavy atom. The lowest BCUT2D eigenvalue weighted by molar-refractivity contribution is 0.293. The molecule has 0 aliphatic heterocycles. The number of phenols is 1. The van der Waals surface area contributed by atoms with Crippen LogP contribution in [0.1, 0.15) is 37.8 Å². The maximum atomic E-state index is 10.2. The number of nitriles is 1. The predicted molar refractivity (Wildman–Crippen MR) is 127 cm³/mol. The molecule has 0 unspecified atom stereocenters. The van der Waals surface area contributed by atoms with Gasteiger partial charge >= 0.3 is 0 Å². The first-order valence-corrected chi connectivity index (χ1v) is 11.0. The van der Waals surface area contributed by atoms with Crippen LogP contribution in [-0.4, -0.2) is 51.5 Å². The molecule has 32 heavy (non-hydrogen) atoms. The van der Waals surface area contributed by atoms with Crippen molar-refractivity contribution in [3.05, 3.63) is 47.5 Å². The van der Waals surface area contributed by atoms with Crippen LogP contribution >= 0.6 is 0 Å². The van der Waals surface area contributed by atoms with Gasteiger partial charge in [-0.05, 0) is 74.2 Å². The maximum Gasteiger partial charge on any atom is 0.160 e. The molecule has 0 bridgehead atoms. The number of aromatic hydroxyl groups is 1. The Morgan fingerprint density at radius 3 is 2.19 bits per heavy atom. The monoisotopic (exact) mass is 440 g/mol. The smallest absolute Gasteiger partial charge is 0.160 e. The van der Waals surface area contributed by atoms with Gasteiger partial charge in [0, 0.05) is 6.54 Å². The fraction of sp³-hybridized carbons (Fsp3) is 0.500. The number of ether oxygens (including phenoxy) is 3. The number of methoxy groups -OCH3 is 3. The number of likely N-dealkylation sites (N-methyl/N-ethyl adjacent to an activating group) is 1. The molecule has 1 N–H and O–H groups in total. The van der Waals surface area contributed by atoms with Gasteiger partial charge in [-0.1, -0.05) is 26.0 Å². The van der Waals surface area contributed by atoms with Gasteiger partial charge in [0.05, 0.1) is 32.8 Å². The highest BCUT2D eigenvalue weighted by atomic mass is 16.5. The van der Waals surface area contributed by atoms with E-state index < -0.39 is 5.41 Å². The number of nitrogens with zero attached hydrogens (tertiary/aromatic N) is 2. The molecule has 0 aliphatic carbocycles. The summed E-state index contributed by atoms with van der Waals surface area (Å²) in [5.41, 5.74) is 1.37. The summed E-state index contributed by atoms with van der Waals surface area (Å²) < 4.78 is 15.9. The molecule has 1 atom stereocenters. The SMILES string of the molecule is COc1ccc([C@@](C#N)(CCCN(C)CCc2ccc(OC)c(OC)c2)C(C)C)cc1O. The zero-order valence-corrected chi connectivity index (χ0v) is 20.1. The van der Waals surface area contributed by atoms with Crippen molar-refractivity contribution in [1.29, 1.82) is 5.26 Å². The Labute approximate surface area is 192 Å². The Balaban J connectivity index is 1.99. The average molecular weight is 441 g/mol. The number of hydrogen-bond acceptors (Lipinski definition) is 6. The van der Waals surface area contributed by atoms with Crippen molar-refractivity contribution in [2.24, 2.45) is 5.92 Å². The zero-order chi connectivity index (χ0) is 23.7. The quantitative estimate of drug-likeness (QED) is 0.511. The molecular formula is C26H36N2O4. The van der Waals surface area contributed by atoms with E-state index in [1.165, 1.54) is 12.7 Å². The number of hydrogen-bond donors (Lipinski definition) is 1. The van der Waals surface area contributed by atoms with Crippen molar-refractivity contribution in [3.8, 4) is 29.1 Å². The second kappa shape index (κ2) is 11.6. The highest BCUT2D eigenvalue weighted by Crippen LogP contribution is 2.40. The Morgan fingerprint density at radius 2 is 1.62 bits per heavy atom. The predicted octanol–water partition coefficient (Wildman–Crippen LogP) is 4.79. The third-order valence-corrected chi connectivity index (χ3v) is 6.22. The van der Waals surface area contributed by atoms with E-state index >= 15 is 0 Å². The van der Waals surface area contributed by atoms with E-state index in [-0.39, 0.29) is 11.7 Å². The number of phenolic OH excluding ortho intramolecular Hbond substituents is 1. The van der Waals surface area contributed by atoms with E-state index in [0.717, 1.165) is 43.0 Å². The average Bonchev–Trinajstić information content (AvgIpc) is 2.80. The van der Waals surface area contributed by atoms with Crippen LogP contribution in [0, 0.1) is 17.2 Å². The summed E-state index contributed by atoms with van der Waals surface area (Å²) in [6.07, 6.45) is 2.49. The van der Waals surface area contributed by atoms with Gasteiger partial charge in [0.25, 0.3) is 0 Å². The van der Waals surface area contributed by atoms with Crippen molar-refractivity contribution in [2.75, 3.05) is 41.5 Å². The fourth-order valence-corrected chi connectivity index (χ4v) is 4.08. The van der Waals surface area contributed by atoms with E-state index in [1.54, 1.807) is 26.4 Å². The molecule has 6 heteroatoms. The molecular weight excluding hydrogens is 404 g/mol. The van der Waals surface area contributed by atoms with Gasteiger partial charge in [-0.15, -0.1) is 0 Å². The molecule has 2 aromatic rings. The summed E-state index contributed by atoms with van der Waals surface area (Å²) >= 11 is 0. The van der Waals surface area contributed by atoms with Crippen molar-refractivity contribution >= 4 is 0 Å². The van der Waals surface area contributed by atoms with Crippen LogP contribution in [0.4, 0.5) is 0 Å². The van der Waals surface area contributed by atoms with Gasteiger partial charge in [-0.25, -0.2) is 0 Å². The lowest BCUT2D eigenvalue weighted by atomic mass is 9.69. The van der Waals surface area contributed by atoms with Crippen LogP contribution in [0.5, 0.6) is 23.0 Å². The highest BCUT2D eigenvalue weighted by molar-refractivity contribution is 5.46. The minimum atomic E-state index is -0.659. The maximum absolute atomic E-state index is 10.2. The molecule has 174 valence electrons. The standard InChI is InChI=1S/C26H36N2O4/c1-19(2)26(18-27,21-9-11-23(30-4)22(29)17-21)13-7-14-28(3)15-12-20-8-10-24(31-5)25(16-20)32-6/h8-11,16-17,19,29H,7,12-15H2,1-6H3/t26-/m1/s1. The van der Waals surface area contributed by atoms with E-state index in [2.05, 4.69) is 37.9 Å². The number of benzene rings is 2. The Bertz CT molecular complexity index is 923. The first-order chi connectivity index (χ1) is 15.3. The molecule has 0 heterocycles. The van der Waals surface area contributed by atoms with E-state index in [0.29, 0.717) is 12.2 Å². The summed E-state index contributed by atoms with van der Waals surface area (Å²) in [5.74, 6) is 2.07. The van der Waals surface area contributed by atoms with Gasteiger partial charge in [0.2, 0.25) is 0 Å². The van der Waals surface area contributed by atoms with Crippen molar-refractivity contribution in [1.82, 2.24) is 4.90 Å². The van der Waals surface area contributed by atoms with Gasteiger partial charge in [0.15, 0.2) is 23.0 Å². The molecule has 2 rings (SSSR count). The summed E-state index contributed by atoms with van der Waals surface area (Å²) in [5, 5.41) is 20.4. The molecule has 0 saturated carbocycles. The summed E-state index contributed by atoms with van der Waals surface area (Å²) in [7, 11) is 6.90. The molecule has 6 nitrogen and oxygen atoms in total. The lowest BCUT2D eigenvalue weighted by Gasteiger charge is -2.32. The van der Waals surface area contributed by atoms with Crippen LogP contribution < -0.4 is 14.2 Å². The molecule has 2 aromatic carbocycles. The third-order valence-electron chi connectivity index (χ3n) is 6.22. The first kappa shape index (κ1) is 25.4. The van der Waals surface area contributed by atoms with Gasteiger partial charge < -0.3 is 24.2 Å². The minimum absolute atomic E-state index is 0.0670. The molecule has 0 aromatic heterocycles. The Kier molecular flexibility index (Phi) is 9.22. The third kappa shape index (κ3) is 5.86. The molecule has 0 fully saturated rings. The largest absolute Gasteiger partial charge is 0.504 e. The molecule has 0 spiro atoms. The van der Waals surface area contributed by atoms with E-state index in [1.807, 2.05) is 18.2 Å². The summed E-state index contributed by atoms with van der Waals surface area (Å²) in [4.78, 5) is 2.28. The van der Waals surface area contributed by atoms with Gasteiger partial charge in [-0.3, -0.25) is 0 Å². The van der Waals surface area contributed by atoms with Crippen molar-refractivity contribution in [3.63, 3.8) is 0 Å². The normalized spacial score (nSPS) is 13.0. The van der Waals surface area contributed by atoms with Crippen LogP contribution in [0.25, 0.3) is 0 Å². The fourth-order valence-electron chi connectivity index (χ4n) is 4.08. The summed E-state index contributed by atoms with van der Waals surface area (Å²) in [6, 6.07) is 13.9.